The summed E-state index contributed by atoms with van der Waals surface area (Å²) in [6.07, 6.45) is 6.51. The summed E-state index contributed by atoms with van der Waals surface area (Å²) >= 11 is 5.81. The maximum Gasteiger partial charge on any atom is 0.191 e. The van der Waals surface area contributed by atoms with Gasteiger partial charge in [-0.05, 0) is 30.9 Å². The molecule has 2 aromatic heterocycles. The Hall–Kier alpha value is -1.35. The molecule has 0 spiro atoms. The van der Waals surface area contributed by atoms with Gasteiger partial charge in [-0.15, -0.1) is 24.0 Å². The number of halogens is 2. The number of hydrogen-bond donors (Lipinski definition) is 2. The fourth-order valence-corrected chi connectivity index (χ4v) is 2.53. The van der Waals surface area contributed by atoms with Crippen molar-refractivity contribution >= 4 is 41.5 Å². The number of nitrogens with one attached hydrogen (secondary N) is 2. The van der Waals surface area contributed by atoms with E-state index in [0.717, 1.165) is 43.4 Å². The van der Waals surface area contributed by atoms with Crippen molar-refractivity contribution in [1.29, 1.82) is 0 Å². The van der Waals surface area contributed by atoms with E-state index in [1.165, 1.54) is 0 Å². The second kappa shape index (κ2) is 12.1. The predicted molar refractivity (Wildman–Crippen MR) is 118 cm³/mol. The van der Waals surface area contributed by atoms with Gasteiger partial charge in [0.15, 0.2) is 5.96 Å². The number of guanidine groups is 1. The molecule has 2 heterocycles. The van der Waals surface area contributed by atoms with Gasteiger partial charge in [-0.25, -0.2) is 15.0 Å². The smallest absolute Gasteiger partial charge is 0.191 e. The monoisotopic (exact) mass is 490 g/mol. The molecular formula is C18H28ClIN6. The first-order chi connectivity index (χ1) is 12.1. The molecule has 0 aromatic carbocycles. The molecule has 8 heteroatoms. The van der Waals surface area contributed by atoms with E-state index in [2.05, 4.69) is 50.9 Å². The Bertz CT molecular complexity index is 669. The van der Waals surface area contributed by atoms with Crippen LogP contribution in [0.1, 0.15) is 32.2 Å². The van der Waals surface area contributed by atoms with E-state index >= 15 is 0 Å². The molecule has 0 saturated heterocycles. The van der Waals surface area contributed by atoms with E-state index in [-0.39, 0.29) is 24.0 Å². The fourth-order valence-electron chi connectivity index (χ4n) is 2.42. The molecule has 0 aliphatic carbocycles. The topological polar surface area (TPSA) is 67.1 Å². The van der Waals surface area contributed by atoms with Crippen molar-refractivity contribution in [2.24, 2.45) is 10.9 Å². The number of aromatic nitrogens is 3. The maximum absolute atomic E-state index is 5.81. The molecule has 0 fully saturated rings. The van der Waals surface area contributed by atoms with Crippen molar-refractivity contribution in [2.75, 3.05) is 13.1 Å². The molecule has 2 rings (SSSR count). The zero-order chi connectivity index (χ0) is 18.1. The molecule has 2 N–H and O–H groups in total. The number of pyridine rings is 1. The lowest BCUT2D eigenvalue weighted by Crippen LogP contribution is -2.38. The Morgan fingerprint density at radius 3 is 2.73 bits per heavy atom. The highest BCUT2D eigenvalue weighted by atomic mass is 127. The van der Waals surface area contributed by atoms with Gasteiger partial charge in [-0.1, -0.05) is 31.5 Å². The van der Waals surface area contributed by atoms with E-state index in [0.29, 0.717) is 17.6 Å². The lowest BCUT2D eigenvalue weighted by molar-refractivity contribution is 0.507. The highest BCUT2D eigenvalue weighted by Gasteiger charge is 2.05. The van der Waals surface area contributed by atoms with Gasteiger partial charge in [-0.2, -0.15) is 0 Å². The Morgan fingerprint density at radius 2 is 2.08 bits per heavy atom. The number of hydrogen-bond acceptors (Lipinski definition) is 3. The molecule has 0 atom stereocenters. The van der Waals surface area contributed by atoms with Crippen LogP contribution < -0.4 is 10.6 Å². The van der Waals surface area contributed by atoms with Crippen molar-refractivity contribution in [1.82, 2.24) is 25.2 Å². The van der Waals surface area contributed by atoms with Gasteiger partial charge < -0.3 is 15.2 Å². The summed E-state index contributed by atoms with van der Waals surface area (Å²) in [5.74, 6) is 2.35. The van der Waals surface area contributed by atoms with Crippen molar-refractivity contribution in [3.05, 3.63) is 47.3 Å². The zero-order valence-corrected chi connectivity index (χ0v) is 18.7. The molecule has 6 nitrogen and oxygen atoms in total. The Kier molecular flexibility index (Phi) is 10.6. The predicted octanol–water partition coefficient (Wildman–Crippen LogP) is 3.50. The fraction of sp³-hybridized carbons (Fsp3) is 0.500. The Labute approximate surface area is 177 Å². The van der Waals surface area contributed by atoms with Crippen LogP contribution in [-0.4, -0.2) is 33.6 Å². The third kappa shape index (κ3) is 7.90. The number of rotatable bonds is 8. The molecule has 144 valence electrons. The van der Waals surface area contributed by atoms with Crippen LogP contribution in [0.3, 0.4) is 0 Å². The standard InChI is InChI=1S/C18H27ClN6.HI/c1-4-20-18(22-8-7-15-5-6-16(19)23-11-15)24-12-17-21-9-10-25(17)13-14(2)3;/h5-6,9-11,14H,4,7-8,12-13H2,1-3H3,(H2,20,22,24);1H. The summed E-state index contributed by atoms with van der Waals surface area (Å²) in [5.41, 5.74) is 1.14. The van der Waals surface area contributed by atoms with Crippen LogP contribution in [0.5, 0.6) is 0 Å². The third-order valence-corrected chi connectivity index (χ3v) is 3.80. The van der Waals surface area contributed by atoms with Gasteiger partial charge >= 0.3 is 0 Å². The molecule has 26 heavy (non-hydrogen) atoms. The van der Waals surface area contributed by atoms with Gasteiger partial charge in [0, 0.05) is 38.2 Å². The zero-order valence-electron chi connectivity index (χ0n) is 15.6. The van der Waals surface area contributed by atoms with Crippen molar-refractivity contribution in [3.63, 3.8) is 0 Å². The first-order valence-corrected chi connectivity index (χ1v) is 9.09. The minimum absolute atomic E-state index is 0. The second-order valence-electron chi connectivity index (χ2n) is 6.25. The SMILES string of the molecule is CCNC(=NCc1nccn1CC(C)C)NCCc1ccc(Cl)nc1.I. The van der Waals surface area contributed by atoms with Crippen LogP contribution in [0, 0.1) is 5.92 Å². The van der Waals surface area contributed by atoms with E-state index in [4.69, 9.17) is 11.6 Å². The maximum atomic E-state index is 5.81. The summed E-state index contributed by atoms with van der Waals surface area (Å²) in [6.45, 7) is 9.55. The van der Waals surface area contributed by atoms with E-state index < -0.39 is 0 Å². The minimum atomic E-state index is 0. The average molecular weight is 491 g/mol. The van der Waals surface area contributed by atoms with Crippen molar-refractivity contribution in [3.8, 4) is 0 Å². The van der Waals surface area contributed by atoms with Gasteiger partial charge in [0.25, 0.3) is 0 Å². The average Bonchev–Trinajstić information content (AvgIpc) is 3.01. The van der Waals surface area contributed by atoms with Gasteiger partial charge in [0.2, 0.25) is 0 Å². The molecule has 0 saturated carbocycles. The van der Waals surface area contributed by atoms with Crippen LogP contribution in [0.2, 0.25) is 5.15 Å². The summed E-state index contributed by atoms with van der Waals surface area (Å²) in [6, 6.07) is 3.80. The number of nitrogens with zero attached hydrogens (tertiary/aromatic N) is 4. The van der Waals surface area contributed by atoms with Gasteiger partial charge in [0.1, 0.15) is 17.5 Å². The lowest BCUT2D eigenvalue weighted by Gasteiger charge is -2.12. The molecule has 0 bridgehead atoms. The van der Waals surface area contributed by atoms with Crippen LogP contribution in [-0.2, 0) is 19.5 Å². The van der Waals surface area contributed by atoms with E-state index in [9.17, 15) is 0 Å². The number of imidazole rings is 1. The van der Waals surface area contributed by atoms with Crippen LogP contribution in [0.4, 0.5) is 0 Å². The molecular weight excluding hydrogens is 463 g/mol. The normalized spacial score (nSPS) is 11.3. The first kappa shape index (κ1) is 22.7. The lowest BCUT2D eigenvalue weighted by atomic mass is 10.2. The van der Waals surface area contributed by atoms with Crippen molar-refractivity contribution in [2.45, 2.75) is 40.3 Å². The van der Waals surface area contributed by atoms with Crippen molar-refractivity contribution < 1.29 is 0 Å². The van der Waals surface area contributed by atoms with Crippen LogP contribution in [0.15, 0.2) is 35.7 Å². The molecule has 0 unspecified atom stereocenters. The molecule has 0 amide bonds. The second-order valence-corrected chi connectivity index (χ2v) is 6.64. The summed E-state index contributed by atoms with van der Waals surface area (Å²) < 4.78 is 2.16. The molecule has 0 aliphatic rings. The summed E-state index contributed by atoms with van der Waals surface area (Å²) in [4.78, 5) is 13.2. The minimum Gasteiger partial charge on any atom is -0.357 e. The summed E-state index contributed by atoms with van der Waals surface area (Å²) in [7, 11) is 0. The molecule has 0 aliphatic heterocycles. The first-order valence-electron chi connectivity index (χ1n) is 8.71. The van der Waals surface area contributed by atoms with E-state index in [1.807, 2.05) is 24.5 Å². The van der Waals surface area contributed by atoms with E-state index in [1.54, 1.807) is 6.20 Å². The van der Waals surface area contributed by atoms with Gasteiger partial charge in [-0.3, -0.25) is 0 Å². The van der Waals surface area contributed by atoms with Crippen LogP contribution in [0.25, 0.3) is 0 Å². The molecule has 2 aromatic rings. The summed E-state index contributed by atoms with van der Waals surface area (Å²) in [5, 5.41) is 7.13. The highest BCUT2D eigenvalue weighted by Crippen LogP contribution is 2.06. The number of aliphatic imine (C=N–C) groups is 1. The largest absolute Gasteiger partial charge is 0.357 e. The van der Waals surface area contributed by atoms with Gasteiger partial charge in [0.05, 0.1) is 0 Å². The third-order valence-electron chi connectivity index (χ3n) is 3.58. The molecule has 0 radical (unpaired) electrons. The quantitative estimate of drug-likeness (QED) is 0.257. The highest BCUT2D eigenvalue weighted by molar-refractivity contribution is 14.0. The van der Waals surface area contributed by atoms with Crippen LogP contribution >= 0.6 is 35.6 Å². The Morgan fingerprint density at radius 1 is 1.27 bits per heavy atom. The Balaban J connectivity index is 0.00000338.